The van der Waals surface area contributed by atoms with E-state index < -0.39 is 0 Å². The molecule has 0 radical (unpaired) electrons. The Kier molecular flexibility index (Phi) is 5.61. The van der Waals surface area contributed by atoms with Gasteiger partial charge in [0.2, 0.25) is 0 Å². The minimum atomic E-state index is -0.0151. The van der Waals surface area contributed by atoms with Crippen molar-refractivity contribution >= 4 is 5.84 Å². The van der Waals surface area contributed by atoms with Crippen LogP contribution in [0.15, 0.2) is 18.2 Å². The zero-order valence-corrected chi connectivity index (χ0v) is 11.0. The molecule has 0 aliphatic rings. The number of rotatable bonds is 7. The zero-order chi connectivity index (χ0) is 13.5. The maximum Gasteiger partial charge on any atom is 0.129 e. The third kappa shape index (κ3) is 4.01. The minimum absolute atomic E-state index is 0.0151. The van der Waals surface area contributed by atoms with Crippen molar-refractivity contribution in [3.63, 3.8) is 0 Å². The van der Waals surface area contributed by atoms with Crippen molar-refractivity contribution < 1.29 is 14.2 Å². The van der Waals surface area contributed by atoms with Crippen LogP contribution in [-0.4, -0.2) is 32.8 Å². The minimum Gasteiger partial charge on any atom is -0.496 e. The van der Waals surface area contributed by atoms with Crippen LogP contribution in [0.4, 0.5) is 0 Å². The summed E-state index contributed by atoms with van der Waals surface area (Å²) in [5, 5.41) is 7.50. The molecule has 0 aliphatic heterocycles. The second-order valence-electron chi connectivity index (χ2n) is 4.03. The molecular formula is C13H20N2O3. The van der Waals surface area contributed by atoms with Gasteiger partial charge in [0, 0.05) is 7.11 Å². The van der Waals surface area contributed by atoms with Crippen molar-refractivity contribution in [3.8, 4) is 5.75 Å². The largest absolute Gasteiger partial charge is 0.496 e. The Labute approximate surface area is 107 Å². The van der Waals surface area contributed by atoms with Gasteiger partial charge in [0.1, 0.15) is 11.6 Å². The van der Waals surface area contributed by atoms with Crippen LogP contribution in [0.3, 0.4) is 0 Å². The van der Waals surface area contributed by atoms with E-state index in [0.717, 1.165) is 5.56 Å². The molecule has 1 atom stereocenters. The number of nitrogens with two attached hydrogens (primary N) is 1. The van der Waals surface area contributed by atoms with Crippen LogP contribution < -0.4 is 10.5 Å². The monoisotopic (exact) mass is 252 g/mol. The molecule has 0 spiro atoms. The topological polar surface area (TPSA) is 77.6 Å². The summed E-state index contributed by atoms with van der Waals surface area (Å²) in [5.41, 5.74) is 7.03. The van der Waals surface area contributed by atoms with Gasteiger partial charge in [-0.05, 0) is 24.6 Å². The van der Waals surface area contributed by atoms with E-state index >= 15 is 0 Å². The first-order valence-electron chi connectivity index (χ1n) is 5.70. The van der Waals surface area contributed by atoms with Crippen molar-refractivity contribution in [3.05, 3.63) is 29.3 Å². The zero-order valence-electron chi connectivity index (χ0n) is 11.0. The lowest BCUT2D eigenvalue weighted by Gasteiger charge is -2.13. The average molecular weight is 252 g/mol. The predicted octanol–water partition coefficient (Wildman–Crippen LogP) is 1.53. The van der Waals surface area contributed by atoms with E-state index in [0.29, 0.717) is 24.5 Å². The van der Waals surface area contributed by atoms with Gasteiger partial charge in [-0.3, -0.25) is 5.41 Å². The molecule has 5 nitrogen and oxygen atoms in total. The third-order valence-corrected chi connectivity index (χ3v) is 2.49. The predicted molar refractivity (Wildman–Crippen MR) is 70.1 cm³/mol. The highest BCUT2D eigenvalue weighted by atomic mass is 16.5. The molecule has 0 fully saturated rings. The number of nitrogen functional groups attached to an aromatic ring is 1. The summed E-state index contributed by atoms with van der Waals surface area (Å²) < 4.78 is 15.7. The number of hydrogen-bond donors (Lipinski definition) is 2. The van der Waals surface area contributed by atoms with E-state index in [4.69, 9.17) is 25.4 Å². The number of nitrogens with one attached hydrogen (secondary N) is 1. The molecule has 0 heterocycles. The summed E-state index contributed by atoms with van der Waals surface area (Å²) >= 11 is 0. The molecular weight excluding hydrogens is 232 g/mol. The van der Waals surface area contributed by atoms with Gasteiger partial charge in [-0.15, -0.1) is 0 Å². The quantitative estimate of drug-likeness (QED) is 0.570. The lowest BCUT2D eigenvalue weighted by molar-refractivity contribution is -0.000138. The highest BCUT2D eigenvalue weighted by Gasteiger charge is 2.08. The molecule has 0 saturated carbocycles. The van der Waals surface area contributed by atoms with Gasteiger partial charge in [0.15, 0.2) is 0 Å². The van der Waals surface area contributed by atoms with Gasteiger partial charge < -0.3 is 19.9 Å². The van der Waals surface area contributed by atoms with Crippen LogP contribution in [0, 0.1) is 5.41 Å². The lowest BCUT2D eigenvalue weighted by Crippen LogP contribution is -2.16. The summed E-state index contributed by atoms with van der Waals surface area (Å²) in [5.74, 6) is 0.579. The van der Waals surface area contributed by atoms with E-state index in [1.807, 2.05) is 13.0 Å². The Bertz CT molecular complexity index is 407. The Morgan fingerprint density at radius 2 is 2.11 bits per heavy atom. The maximum absolute atomic E-state index is 7.50. The van der Waals surface area contributed by atoms with Gasteiger partial charge >= 0.3 is 0 Å². The summed E-state index contributed by atoms with van der Waals surface area (Å²) in [6.45, 7) is 2.95. The third-order valence-electron chi connectivity index (χ3n) is 2.49. The summed E-state index contributed by atoms with van der Waals surface area (Å²) in [4.78, 5) is 0. The van der Waals surface area contributed by atoms with Crippen LogP contribution in [0.25, 0.3) is 0 Å². The SMILES string of the molecule is COCC(C)OCc1ccc(OC)c(C(=N)N)c1. The van der Waals surface area contributed by atoms with Crippen molar-refractivity contribution in [2.45, 2.75) is 19.6 Å². The van der Waals surface area contributed by atoms with Crippen molar-refractivity contribution in [1.82, 2.24) is 0 Å². The maximum atomic E-state index is 7.50. The molecule has 18 heavy (non-hydrogen) atoms. The first kappa shape index (κ1) is 14.5. The highest BCUT2D eigenvalue weighted by Crippen LogP contribution is 2.20. The lowest BCUT2D eigenvalue weighted by atomic mass is 10.1. The van der Waals surface area contributed by atoms with Crippen LogP contribution in [0.5, 0.6) is 5.75 Å². The molecule has 0 bridgehead atoms. The molecule has 1 aromatic rings. The van der Waals surface area contributed by atoms with Crippen LogP contribution in [0.1, 0.15) is 18.1 Å². The van der Waals surface area contributed by atoms with Crippen molar-refractivity contribution in [1.29, 1.82) is 5.41 Å². The molecule has 0 aliphatic carbocycles. The molecule has 3 N–H and O–H groups in total. The van der Waals surface area contributed by atoms with Gasteiger partial charge in [-0.25, -0.2) is 0 Å². The first-order chi connectivity index (χ1) is 8.58. The van der Waals surface area contributed by atoms with E-state index in [1.165, 1.54) is 0 Å². The molecule has 100 valence electrons. The fourth-order valence-corrected chi connectivity index (χ4v) is 1.58. The second kappa shape index (κ2) is 6.98. The van der Waals surface area contributed by atoms with Gasteiger partial charge in [-0.2, -0.15) is 0 Å². The van der Waals surface area contributed by atoms with Gasteiger partial charge in [-0.1, -0.05) is 6.07 Å². The van der Waals surface area contributed by atoms with E-state index in [2.05, 4.69) is 0 Å². The van der Waals surface area contributed by atoms with Crippen LogP contribution in [-0.2, 0) is 16.1 Å². The Morgan fingerprint density at radius 1 is 1.39 bits per heavy atom. The summed E-state index contributed by atoms with van der Waals surface area (Å²) in [6, 6.07) is 5.49. The van der Waals surface area contributed by atoms with Crippen LogP contribution in [0.2, 0.25) is 0 Å². The Morgan fingerprint density at radius 3 is 2.67 bits per heavy atom. The average Bonchev–Trinajstić information content (AvgIpc) is 2.36. The first-order valence-corrected chi connectivity index (χ1v) is 5.70. The van der Waals surface area contributed by atoms with E-state index in [1.54, 1.807) is 26.4 Å². The molecule has 5 heteroatoms. The smallest absolute Gasteiger partial charge is 0.129 e. The van der Waals surface area contributed by atoms with Gasteiger partial charge in [0.25, 0.3) is 0 Å². The van der Waals surface area contributed by atoms with Crippen molar-refractivity contribution in [2.75, 3.05) is 20.8 Å². The van der Waals surface area contributed by atoms with E-state index in [9.17, 15) is 0 Å². The summed E-state index contributed by atoms with van der Waals surface area (Å²) in [7, 11) is 3.19. The number of amidine groups is 1. The van der Waals surface area contributed by atoms with E-state index in [-0.39, 0.29) is 11.9 Å². The highest BCUT2D eigenvalue weighted by molar-refractivity contribution is 5.97. The normalized spacial score (nSPS) is 12.2. The van der Waals surface area contributed by atoms with Crippen LogP contribution >= 0.6 is 0 Å². The Balaban J connectivity index is 2.73. The molecule has 0 amide bonds. The van der Waals surface area contributed by atoms with Gasteiger partial charge in [0.05, 0.1) is 32.0 Å². The standard InChI is InChI=1S/C13H20N2O3/c1-9(7-16-2)18-8-10-4-5-12(17-3)11(6-10)13(14)15/h4-6,9H,7-8H2,1-3H3,(H3,14,15). The molecule has 1 rings (SSSR count). The number of benzene rings is 1. The number of methoxy groups -OCH3 is 2. The second-order valence-corrected chi connectivity index (χ2v) is 4.03. The fraction of sp³-hybridized carbons (Fsp3) is 0.462. The molecule has 1 aromatic carbocycles. The molecule has 1 unspecified atom stereocenters. The number of ether oxygens (including phenoxy) is 3. The molecule has 0 aromatic heterocycles. The fourth-order valence-electron chi connectivity index (χ4n) is 1.58. The number of hydrogen-bond acceptors (Lipinski definition) is 4. The Hall–Kier alpha value is -1.59. The summed E-state index contributed by atoms with van der Waals surface area (Å²) in [6.07, 6.45) is 0.0258. The van der Waals surface area contributed by atoms with Crippen molar-refractivity contribution in [2.24, 2.45) is 5.73 Å². The molecule has 0 saturated heterocycles.